The van der Waals surface area contributed by atoms with E-state index >= 15 is 0 Å². The molecule has 1 aromatic heterocycles. The molecule has 23 heavy (non-hydrogen) atoms. The minimum atomic E-state index is -0.566. The molecule has 0 amide bonds. The van der Waals surface area contributed by atoms with E-state index in [0.717, 1.165) is 21.9 Å². The van der Waals surface area contributed by atoms with Crippen LogP contribution in [0.4, 0.5) is 4.39 Å². The first-order chi connectivity index (χ1) is 10.8. The van der Waals surface area contributed by atoms with Gasteiger partial charge >= 0.3 is 0 Å². The predicted octanol–water partition coefficient (Wildman–Crippen LogP) is 3.56. The van der Waals surface area contributed by atoms with Crippen LogP contribution in [-0.4, -0.2) is 23.8 Å². The van der Waals surface area contributed by atoms with E-state index in [9.17, 15) is 9.65 Å². The molecule has 4 nitrogen and oxygen atoms in total. The van der Waals surface area contributed by atoms with Gasteiger partial charge in [-0.2, -0.15) is 5.26 Å². The molecule has 1 aromatic rings. The lowest BCUT2D eigenvalue weighted by Crippen LogP contribution is -2.23. The molecular formula is C17H19FN4S. The van der Waals surface area contributed by atoms with Crippen LogP contribution in [0.3, 0.4) is 0 Å². The first-order valence-electron chi connectivity index (χ1n) is 7.18. The van der Waals surface area contributed by atoms with Crippen molar-refractivity contribution >= 4 is 22.6 Å². The third kappa shape index (κ3) is 3.63. The van der Waals surface area contributed by atoms with Crippen molar-refractivity contribution in [3.63, 3.8) is 0 Å². The molecule has 0 radical (unpaired) electrons. The standard InChI is InChI=1S/C17H19FN4S/c1-10-6-17(4,8-20)9-21-14(10)15-12(3)22-16(23-15)13(7-19)5-11(2)18/h5-6H,2,7,9,19H2,1,3-4H3. The SMILES string of the molecule is C=C(F)C=C(CN)c1nc(C)c(C2=NCC(C)(C#N)C=C2C)s1. The zero-order chi connectivity index (χ0) is 17.2. The summed E-state index contributed by atoms with van der Waals surface area (Å²) in [5.74, 6) is -0.546. The molecule has 120 valence electrons. The molecule has 0 fully saturated rings. The number of aromatic nitrogens is 1. The highest BCUT2D eigenvalue weighted by molar-refractivity contribution is 7.15. The molecule has 1 unspecified atom stereocenters. The van der Waals surface area contributed by atoms with Crippen molar-refractivity contribution in [2.75, 3.05) is 13.1 Å². The number of hydrogen-bond donors (Lipinski definition) is 1. The number of rotatable bonds is 4. The van der Waals surface area contributed by atoms with Crippen LogP contribution in [0.25, 0.3) is 5.57 Å². The van der Waals surface area contributed by atoms with Gasteiger partial charge in [-0.15, -0.1) is 11.3 Å². The van der Waals surface area contributed by atoms with Gasteiger partial charge in [0.15, 0.2) is 0 Å². The van der Waals surface area contributed by atoms with Gasteiger partial charge in [0, 0.05) is 12.1 Å². The molecule has 1 aliphatic heterocycles. The molecule has 0 aliphatic carbocycles. The summed E-state index contributed by atoms with van der Waals surface area (Å²) in [6, 6.07) is 2.28. The highest BCUT2D eigenvalue weighted by Crippen LogP contribution is 2.32. The highest BCUT2D eigenvalue weighted by atomic mass is 32.1. The van der Waals surface area contributed by atoms with Crippen molar-refractivity contribution in [3.05, 3.63) is 45.7 Å². The molecule has 1 atom stereocenters. The number of nitrogens with two attached hydrogens (primary N) is 1. The van der Waals surface area contributed by atoms with Gasteiger partial charge in [-0.1, -0.05) is 12.7 Å². The average molecular weight is 330 g/mol. The van der Waals surface area contributed by atoms with Gasteiger partial charge in [-0.05, 0) is 32.4 Å². The maximum absolute atomic E-state index is 13.1. The first kappa shape index (κ1) is 17.3. The molecule has 2 rings (SSSR count). The Hall–Kier alpha value is -2.10. The number of hydrogen-bond acceptors (Lipinski definition) is 5. The fraction of sp³-hybridized carbons (Fsp3) is 0.353. The van der Waals surface area contributed by atoms with Crippen molar-refractivity contribution in [1.82, 2.24) is 4.98 Å². The van der Waals surface area contributed by atoms with E-state index < -0.39 is 11.2 Å². The maximum Gasteiger partial charge on any atom is 0.121 e. The minimum Gasteiger partial charge on any atom is -0.326 e. The summed E-state index contributed by atoms with van der Waals surface area (Å²) < 4.78 is 13.1. The number of thiazole rings is 1. The van der Waals surface area contributed by atoms with Gasteiger partial charge in [0.2, 0.25) is 0 Å². The van der Waals surface area contributed by atoms with E-state index in [2.05, 4.69) is 22.6 Å². The van der Waals surface area contributed by atoms with Gasteiger partial charge in [-0.25, -0.2) is 9.37 Å². The molecule has 0 saturated carbocycles. The van der Waals surface area contributed by atoms with Crippen molar-refractivity contribution in [3.8, 4) is 6.07 Å². The van der Waals surface area contributed by atoms with E-state index in [0.29, 0.717) is 17.1 Å². The number of dihydropyridines is 1. The molecule has 0 saturated heterocycles. The summed E-state index contributed by atoms with van der Waals surface area (Å²) in [5, 5.41) is 9.90. The Bertz CT molecular complexity index is 779. The van der Waals surface area contributed by atoms with Crippen molar-refractivity contribution in [2.45, 2.75) is 20.8 Å². The quantitative estimate of drug-likeness (QED) is 0.858. The maximum atomic E-state index is 13.1. The monoisotopic (exact) mass is 330 g/mol. The molecule has 1 aliphatic rings. The largest absolute Gasteiger partial charge is 0.326 e. The third-order valence-corrected chi connectivity index (χ3v) is 4.81. The summed E-state index contributed by atoms with van der Waals surface area (Å²) in [4.78, 5) is 10.00. The van der Waals surface area contributed by atoms with Crippen LogP contribution in [0.15, 0.2) is 35.1 Å². The zero-order valence-corrected chi connectivity index (χ0v) is 14.3. The molecule has 0 aromatic carbocycles. The van der Waals surface area contributed by atoms with E-state index in [4.69, 9.17) is 5.73 Å². The van der Waals surface area contributed by atoms with Crippen LogP contribution in [0.1, 0.15) is 29.4 Å². The fourth-order valence-electron chi connectivity index (χ4n) is 2.43. The van der Waals surface area contributed by atoms with Crippen LogP contribution >= 0.6 is 11.3 Å². The van der Waals surface area contributed by atoms with Crippen molar-refractivity contribution < 1.29 is 4.39 Å². The number of nitrogens with zero attached hydrogens (tertiary/aromatic N) is 3. The average Bonchev–Trinajstić information content (AvgIpc) is 2.86. The Kier molecular flexibility index (Phi) is 4.93. The normalized spacial score (nSPS) is 21.5. The number of halogens is 1. The Morgan fingerprint density at radius 3 is 2.83 bits per heavy atom. The van der Waals surface area contributed by atoms with Gasteiger partial charge in [-0.3, -0.25) is 4.99 Å². The second kappa shape index (κ2) is 6.57. The Labute approximate surface area is 139 Å². The van der Waals surface area contributed by atoms with Crippen LogP contribution in [0.5, 0.6) is 0 Å². The molecule has 0 bridgehead atoms. The fourth-order valence-corrected chi connectivity index (χ4v) is 3.59. The first-order valence-corrected chi connectivity index (χ1v) is 8.00. The topological polar surface area (TPSA) is 75.1 Å². The number of allylic oxidation sites excluding steroid dienone is 3. The van der Waals surface area contributed by atoms with E-state index in [-0.39, 0.29) is 6.54 Å². The van der Waals surface area contributed by atoms with E-state index in [1.807, 2.05) is 26.8 Å². The van der Waals surface area contributed by atoms with Crippen LogP contribution in [-0.2, 0) is 0 Å². The number of nitriles is 1. The highest BCUT2D eigenvalue weighted by Gasteiger charge is 2.28. The van der Waals surface area contributed by atoms with E-state index in [1.54, 1.807) is 0 Å². The zero-order valence-electron chi connectivity index (χ0n) is 13.5. The van der Waals surface area contributed by atoms with Crippen molar-refractivity contribution in [1.29, 1.82) is 5.26 Å². The van der Waals surface area contributed by atoms with Gasteiger partial charge in [0.1, 0.15) is 10.8 Å². The van der Waals surface area contributed by atoms with E-state index in [1.165, 1.54) is 17.4 Å². The van der Waals surface area contributed by atoms with Crippen LogP contribution in [0, 0.1) is 23.7 Å². The predicted molar refractivity (Wildman–Crippen MR) is 93.0 cm³/mol. The lowest BCUT2D eigenvalue weighted by atomic mass is 9.86. The summed E-state index contributed by atoms with van der Waals surface area (Å²) in [7, 11) is 0. The van der Waals surface area contributed by atoms with Gasteiger partial charge in [0.25, 0.3) is 0 Å². The molecule has 2 N–H and O–H groups in total. The Morgan fingerprint density at radius 2 is 2.30 bits per heavy atom. The van der Waals surface area contributed by atoms with Crippen LogP contribution in [0.2, 0.25) is 0 Å². The van der Waals surface area contributed by atoms with Crippen LogP contribution < -0.4 is 5.73 Å². The summed E-state index contributed by atoms with van der Waals surface area (Å²) in [6.45, 7) is 9.54. The van der Waals surface area contributed by atoms with Gasteiger partial charge in [0.05, 0.1) is 34.3 Å². The summed E-state index contributed by atoms with van der Waals surface area (Å²) >= 11 is 1.43. The Balaban J connectivity index is 2.43. The summed E-state index contributed by atoms with van der Waals surface area (Å²) in [5.41, 5.74) is 8.34. The minimum absolute atomic E-state index is 0.184. The second-order valence-corrected chi connectivity index (χ2v) is 6.77. The number of aryl methyl sites for hydroxylation is 1. The van der Waals surface area contributed by atoms with Crippen molar-refractivity contribution in [2.24, 2.45) is 16.1 Å². The number of aliphatic imine (C=N–C) groups is 1. The third-order valence-electron chi connectivity index (χ3n) is 3.57. The molecule has 6 heteroatoms. The summed E-state index contributed by atoms with van der Waals surface area (Å²) in [6.07, 6.45) is 3.25. The second-order valence-electron chi connectivity index (χ2n) is 5.78. The van der Waals surface area contributed by atoms with Gasteiger partial charge < -0.3 is 5.73 Å². The Morgan fingerprint density at radius 1 is 1.61 bits per heavy atom. The lowest BCUT2D eigenvalue weighted by molar-refractivity contribution is 0.574. The lowest BCUT2D eigenvalue weighted by Gasteiger charge is -2.22. The molecule has 2 heterocycles. The molecule has 0 spiro atoms. The molecular weight excluding hydrogens is 311 g/mol. The smallest absolute Gasteiger partial charge is 0.121 e.